The molecule has 0 saturated carbocycles. The van der Waals surface area contributed by atoms with Crippen molar-refractivity contribution in [1.82, 2.24) is 19.7 Å². The molecule has 1 N–H and O–H groups in total. The molecular formula is C16H12N6O4S. The molecular weight excluding hydrogens is 372 g/mol. The summed E-state index contributed by atoms with van der Waals surface area (Å²) in [6.07, 6.45) is 4.17. The zero-order valence-electron chi connectivity index (χ0n) is 13.9. The Balaban J connectivity index is 1.79. The summed E-state index contributed by atoms with van der Waals surface area (Å²) in [7, 11) is 0. The normalized spacial score (nSPS) is 10.4. The van der Waals surface area contributed by atoms with Gasteiger partial charge in [-0.05, 0) is 30.5 Å². The molecule has 136 valence electrons. The minimum absolute atomic E-state index is 0.00346. The van der Waals surface area contributed by atoms with Crippen LogP contribution in [0, 0.1) is 21.4 Å². The highest BCUT2D eigenvalue weighted by atomic mass is 32.2. The van der Waals surface area contributed by atoms with Gasteiger partial charge in [-0.15, -0.1) is 0 Å². The minimum Gasteiger partial charge on any atom is -0.471 e. The minimum atomic E-state index is -0.539. The van der Waals surface area contributed by atoms with Crippen LogP contribution in [-0.4, -0.2) is 30.9 Å². The first-order valence-electron chi connectivity index (χ1n) is 7.50. The van der Waals surface area contributed by atoms with Crippen LogP contribution >= 0.6 is 11.8 Å². The number of rotatable bonds is 6. The molecule has 0 aliphatic heterocycles. The van der Waals surface area contributed by atoms with E-state index in [9.17, 15) is 20.2 Å². The Morgan fingerprint density at radius 1 is 1.41 bits per heavy atom. The van der Waals surface area contributed by atoms with Gasteiger partial charge in [0.25, 0.3) is 5.56 Å². The van der Waals surface area contributed by atoms with E-state index in [1.165, 1.54) is 22.6 Å². The van der Waals surface area contributed by atoms with E-state index in [1.54, 1.807) is 30.5 Å². The lowest BCUT2D eigenvalue weighted by atomic mass is 10.1. The Bertz CT molecular complexity index is 1080. The summed E-state index contributed by atoms with van der Waals surface area (Å²) in [6, 6.07) is 8.52. The topological polar surface area (TPSA) is 140 Å². The Morgan fingerprint density at radius 2 is 2.15 bits per heavy atom. The summed E-state index contributed by atoms with van der Waals surface area (Å²) < 4.78 is 6.82. The second-order valence-corrected chi connectivity index (χ2v) is 6.00. The zero-order chi connectivity index (χ0) is 19.4. The fourth-order valence-electron chi connectivity index (χ4n) is 2.23. The van der Waals surface area contributed by atoms with Gasteiger partial charge in [0.2, 0.25) is 0 Å². The number of nitrogens with one attached hydrogen (secondary N) is 1. The van der Waals surface area contributed by atoms with E-state index in [2.05, 4.69) is 15.1 Å². The third-order valence-corrected chi connectivity index (χ3v) is 4.10. The van der Waals surface area contributed by atoms with Crippen molar-refractivity contribution in [3.8, 4) is 23.1 Å². The molecule has 0 spiro atoms. The Kier molecular flexibility index (Phi) is 5.18. The number of hydrogen-bond acceptors (Lipinski definition) is 8. The van der Waals surface area contributed by atoms with Gasteiger partial charge in [-0.25, -0.2) is 9.67 Å². The van der Waals surface area contributed by atoms with Crippen LogP contribution in [0.15, 0.2) is 46.6 Å². The maximum absolute atomic E-state index is 12.0. The molecule has 0 bridgehead atoms. The highest BCUT2D eigenvalue weighted by Crippen LogP contribution is 2.24. The van der Waals surface area contributed by atoms with E-state index in [0.717, 1.165) is 6.20 Å². The molecule has 11 heteroatoms. The first kappa shape index (κ1) is 18.2. The first-order chi connectivity index (χ1) is 13.0. The number of H-pyrrole nitrogens is 1. The molecule has 27 heavy (non-hydrogen) atoms. The number of aromatic nitrogens is 4. The van der Waals surface area contributed by atoms with E-state index >= 15 is 0 Å². The van der Waals surface area contributed by atoms with Crippen LogP contribution in [0.4, 0.5) is 5.69 Å². The molecule has 0 aliphatic carbocycles. The van der Waals surface area contributed by atoms with Crippen LogP contribution in [0.2, 0.25) is 0 Å². The van der Waals surface area contributed by atoms with Gasteiger partial charge in [-0.1, -0.05) is 11.8 Å². The lowest BCUT2D eigenvalue weighted by Gasteiger charge is -2.08. The van der Waals surface area contributed by atoms with Gasteiger partial charge in [0.05, 0.1) is 10.6 Å². The highest BCUT2D eigenvalue weighted by Gasteiger charge is 2.13. The summed E-state index contributed by atoms with van der Waals surface area (Å²) in [6.45, 7) is -0.00346. The van der Waals surface area contributed by atoms with Crippen molar-refractivity contribution in [1.29, 1.82) is 5.26 Å². The third-order valence-electron chi connectivity index (χ3n) is 3.52. The molecule has 2 aromatic heterocycles. The lowest BCUT2D eigenvalue weighted by Crippen LogP contribution is -2.14. The fourth-order valence-corrected chi connectivity index (χ4v) is 2.61. The molecule has 0 saturated heterocycles. The van der Waals surface area contributed by atoms with Crippen molar-refractivity contribution in [3.63, 3.8) is 0 Å². The summed E-state index contributed by atoms with van der Waals surface area (Å²) in [4.78, 5) is 28.9. The smallest absolute Gasteiger partial charge is 0.307 e. The van der Waals surface area contributed by atoms with Crippen LogP contribution in [0.25, 0.3) is 11.3 Å². The number of nitriles is 1. The van der Waals surface area contributed by atoms with Crippen LogP contribution in [0.3, 0.4) is 0 Å². The van der Waals surface area contributed by atoms with E-state index < -0.39 is 10.5 Å². The maximum Gasteiger partial charge on any atom is 0.307 e. The predicted molar refractivity (Wildman–Crippen MR) is 96.3 cm³/mol. The fraction of sp³-hybridized carbons (Fsp3) is 0.125. The third kappa shape index (κ3) is 3.96. The number of nitrogens with zero attached hydrogens (tertiary/aromatic N) is 5. The first-order valence-corrected chi connectivity index (χ1v) is 8.72. The van der Waals surface area contributed by atoms with E-state index in [1.807, 2.05) is 6.07 Å². The van der Waals surface area contributed by atoms with Gasteiger partial charge in [0, 0.05) is 5.56 Å². The summed E-state index contributed by atoms with van der Waals surface area (Å²) in [5.74, 6) is 0.491. The molecule has 0 radical (unpaired) electrons. The largest absolute Gasteiger partial charge is 0.471 e. The SMILES string of the molecule is CSc1nc(-c2ccc(OCn3cc([N+](=O)[O-])cn3)cc2)c(C#N)c(=O)[nH]1. The number of thioether (sulfide) groups is 1. The second-order valence-electron chi connectivity index (χ2n) is 5.20. The standard InChI is InChI=1S/C16H12N6O4S/c1-27-16-19-14(13(6-17)15(23)20-16)10-2-4-12(5-3-10)26-9-21-8-11(7-18-21)22(24)25/h2-5,7-8H,9H2,1H3,(H,19,20,23). The van der Waals surface area contributed by atoms with Gasteiger partial charge in [-0.3, -0.25) is 14.9 Å². The molecule has 0 aliphatic rings. The Morgan fingerprint density at radius 3 is 2.74 bits per heavy atom. The van der Waals surface area contributed by atoms with Gasteiger partial charge in [-0.2, -0.15) is 10.4 Å². The summed E-state index contributed by atoms with van der Waals surface area (Å²) in [5, 5.41) is 24.1. The number of benzene rings is 1. The molecule has 0 unspecified atom stereocenters. The molecule has 1 aromatic carbocycles. The Labute approximate surface area is 156 Å². The number of hydrogen-bond donors (Lipinski definition) is 1. The molecule has 2 heterocycles. The van der Waals surface area contributed by atoms with E-state index in [4.69, 9.17) is 4.74 Å². The number of nitro groups is 1. The average Bonchev–Trinajstić information content (AvgIpc) is 3.15. The number of aromatic amines is 1. The van der Waals surface area contributed by atoms with Crippen molar-refractivity contribution >= 4 is 17.4 Å². The molecule has 3 aromatic rings. The molecule has 10 nitrogen and oxygen atoms in total. The Hall–Kier alpha value is -3.65. The number of ether oxygens (including phenoxy) is 1. The van der Waals surface area contributed by atoms with Gasteiger partial charge in [0.15, 0.2) is 11.9 Å². The summed E-state index contributed by atoms with van der Waals surface area (Å²) in [5.41, 5.74) is 0.204. The van der Waals surface area contributed by atoms with Crippen molar-refractivity contribution in [3.05, 3.63) is 62.7 Å². The molecule has 0 atom stereocenters. The molecule has 3 rings (SSSR count). The van der Waals surface area contributed by atoms with Crippen LogP contribution in [0.1, 0.15) is 5.56 Å². The van der Waals surface area contributed by atoms with Crippen molar-refractivity contribution < 1.29 is 9.66 Å². The average molecular weight is 384 g/mol. The molecule has 0 amide bonds. The predicted octanol–water partition coefficient (Wildman–Crippen LogP) is 2.17. The van der Waals surface area contributed by atoms with Crippen molar-refractivity contribution in [2.45, 2.75) is 11.9 Å². The quantitative estimate of drug-likeness (QED) is 0.295. The van der Waals surface area contributed by atoms with Gasteiger partial charge >= 0.3 is 5.69 Å². The van der Waals surface area contributed by atoms with Crippen molar-refractivity contribution in [2.24, 2.45) is 0 Å². The van der Waals surface area contributed by atoms with Gasteiger partial charge in [0.1, 0.15) is 29.8 Å². The van der Waals surface area contributed by atoms with E-state index in [0.29, 0.717) is 22.2 Å². The lowest BCUT2D eigenvalue weighted by molar-refractivity contribution is -0.385. The molecule has 0 fully saturated rings. The maximum atomic E-state index is 12.0. The van der Waals surface area contributed by atoms with Crippen LogP contribution < -0.4 is 10.3 Å². The van der Waals surface area contributed by atoms with Crippen LogP contribution in [-0.2, 0) is 6.73 Å². The summed E-state index contributed by atoms with van der Waals surface area (Å²) >= 11 is 1.27. The van der Waals surface area contributed by atoms with Crippen molar-refractivity contribution in [2.75, 3.05) is 6.26 Å². The van der Waals surface area contributed by atoms with E-state index in [-0.39, 0.29) is 18.0 Å². The highest BCUT2D eigenvalue weighted by molar-refractivity contribution is 7.98. The van der Waals surface area contributed by atoms with Gasteiger partial charge < -0.3 is 9.72 Å². The zero-order valence-corrected chi connectivity index (χ0v) is 14.8. The second kappa shape index (κ2) is 7.71. The monoisotopic (exact) mass is 384 g/mol. The van der Waals surface area contributed by atoms with Crippen LogP contribution in [0.5, 0.6) is 5.75 Å².